The van der Waals surface area contributed by atoms with E-state index < -0.39 is 53.3 Å². The molecule has 1 spiro atoms. The minimum absolute atomic E-state index is 0.0869. The molecule has 3 aliphatic rings. The van der Waals surface area contributed by atoms with Crippen LogP contribution in [-0.2, 0) is 24.5 Å². The molecule has 2 saturated heterocycles. The summed E-state index contributed by atoms with van der Waals surface area (Å²) in [6.07, 6.45) is 3.45. The summed E-state index contributed by atoms with van der Waals surface area (Å²) in [7, 11) is 0. The van der Waals surface area contributed by atoms with Crippen LogP contribution in [0.3, 0.4) is 0 Å². The van der Waals surface area contributed by atoms with Gasteiger partial charge in [-0.25, -0.2) is 4.79 Å². The fourth-order valence-electron chi connectivity index (χ4n) is 7.23. The third-order valence-electron chi connectivity index (χ3n) is 9.52. The molecule has 3 fully saturated rings. The predicted octanol–water partition coefficient (Wildman–Crippen LogP) is 4.56. The first-order valence-electron chi connectivity index (χ1n) is 15.7. The molecule has 2 N–H and O–H groups in total. The molecule has 45 heavy (non-hydrogen) atoms. The number of aromatic amines is 1. The van der Waals surface area contributed by atoms with Crippen LogP contribution in [0.4, 0.5) is 0 Å². The number of H-pyrrole nitrogens is 1. The summed E-state index contributed by atoms with van der Waals surface area (Å²) in [5.74, 6) is -0.841. The van der Waals surface area contributed by atoms with Crippen LogP contribution in [0.15, 0.2) is 107 Å². The number of aliphatic hydroxyl groups excluding tert-OH is 1. The summed E-state index contributed by atoms with van der Waals surface area (Å²) in [5.41, 5.74) is -0.489. The first-order valence-corrected chi connectivity index (χ1v) is 15.7. The molecule has 0 radical (unpaired) electrons. The van der Waals surface area contributed by atoms with Crippen LogP contribution in [-0.4, -0.2) is 51.5 Å². The van der Waals surface area contributed by atoms with Crippen LogP contribution in [0, 0.1) is 6.92 Å². The lowest BCUT2D eigenvalue weighted by molar-refractivity contribution is -0.263. The van der Waals surface area contributed by atoms with Gasteiger partial charge in [0.05, 0.1) is 13.2 Å². The highest BCUT2D eigenvalue weighted by atomic mass is 16.8. The molecule has 4 aromatic rings. The van der Waals surface area contributed by atoms with Crippen molar-refractivity contribution in [2.75, 3.05) is 13.2 Å². The maximum absolute atomic E-state index is 13.1. The van der Waals surface area contributed by atoms with Crippen molar-refractivity contribution >= 4 is 0 Å². The Hall–Kier alpha value is -3.86. The quantitative estimate of drug-likeness (QED) is 0.282. The number of aryl methyl sites for hydroxylation is 1. The molecule has 9 heteroatoms. The molecule has 2 aliphatic heterocycles. The molecule has 9 nitrogen and oxygen atoms in total. The van der Waals surface area contributed by atoms with Gasteiger partial charge in [0, 0.05) is 24.6 Å². The number of rotatable bonds is 8. The highest BCUT2D eigenvalue weighted by Gasteiger charge is 2.66. The Bertz CT molecular complexity index is 1640. The van der Waals surface area contributed by atoms with Gasteiger partial charge in [0.2, 0.25) is 0 Å². The number of nitrogens with zero attached hydrogens (tertiary/aromatic N) is 1. The fraction of sp³-hybridized carbons (Fsp3) is 0.389. The Labute approximate surface area is 261 Å². The maximum Gasteiger partial charge on any atom is 0.330 e. The zero-order chi connectivity index (χ0) is 31.1. The lowest BCUT2D eigenvalue weighted by Crippen LogP contribution is -2.52. The van der Waals surface area contributed by atoms with Gasteiger partial charge in [-0.1, -0.05) is 97.4 Å². The van der Waals surface area contributed by atoms with E-state index in [1.54, 1.807) is 6.92 Å². The summed E-state index contributed by atoms with van der Waals surface area (Å²) < 4.78 is 28.6. The van der Waals surface area contributed by atoms with Crippen LogP contribution >= 0.6 is 0 Å². The second-order valence-corrected chi connectivity index (χ2v) is 12.4. The lowest BCUT2D eigenvalue weighted by atomic mass is 9.80. The normalized spacial score (nSPS) is 25.8. The zero-order valence-corrected chi connectivity index (χ0v) is 25.3. The minimum atomic E-state index is -1.40. The number of aromatic nitrogens is 2. The number of aliphatic hydroxyl groups is 1. The van der Waals surface area contributed by atoms with Crippen molar-refractivity contribution in [2.45, 2.75) is 74.5 Å². The van der Waals surface area contributed by atoms with Gasteiger partial charge >= 0.3 is 5.69 Å². The van der Waals surface area contributed by atoms with Crippen LogP contribution < -0.4 is 11.2 Å². The van der Waals surface area contributed by atoms with Crippen molar-refractivity contribution in [3.05, 3.63) is 140 Å². The van der Waals surface area contributed by atoms with Gasteiger partial charge in [0.15, 0.2) is 12.0 Å². The largest absolute Gasteiger partial charge is 0.393 e. The molecular weight excluding hydrogens is 572 g/mol. The van der Waals surface area contributed by atoms with Gasteiger partial charge in [-0.2, -0.15) is 0 Å². The molecule has 3 aromatic carbocycles. The van der Waals surface area contributed by atoms with Gasteiger partial charge in [-0.15, -0.1) is 0 Å². The van der Waals surface area contributed by atoms with Gasteiger partial charge < -0.3 is 24.1 Å². The standard InChI is InChI=1S/C36H38N2O7/c1-25-22-38(33(41)37-31(25)40)32-29-30(44-35(43-29)20-12-5-13-21-35)34(23-39,45-32)24-42-36(26-14-6-2-7-15-26,27-16-8-3-9-17-27)28-18-10-4-11-19-28/h2-4,6-11,14-19,22,29-30,32,39H,5,12-13,20-21,23-24H2,1H3,(H,37,40,41)/t29-,30+,32-,34+/m1/s1. The Morgan fingerprint density at radius 3 is 1.93 bits per heavy atom. The topological polar surface area (TPSA) is 112 Å². The molecule has 0 bridgehead atoms. The first kappa shape index (κ1) is 29.8. The van der Waals surface area contributed by atoms with Crippen LogP contribution in [0.25, 0.3) is 0 Å². The SMILES string of the molecule is Cc1cn([C@@H]2O[C@@](CO)(COC(c3ccccc3)(c3ccccc3)c3ccccc3)[C@H]3OC4(CCCCC4)O[C@@H]23)c(=O)[nH]c1=O. The van der Waals surface area contributed by atoms with E-state index in [0.29, 0.717) is 18.4 Å². The highest BCUT2D eigenvalue weighted by molar-refractivity contribution is 5.47. The second-order valence-electron chi connectivity index (χ2n) is 12.4. The monoisotopic (exact) mass is 610 g/mol. The van der Waals surface area contributed by atoms with E-state index in [0.717, 1.165) is 36.0 Å². The Kier molecular flexibility index (Phi) is 7.83. The lowest BCUT2D eigenvalue weighted by Gasteiger charge is -2.41. The molecule has 234 valence electrons. The van der Waals surface area contributed by atoms with Gasteiger partial charge in [0.1, 0.15) is 23.4 Å². The van der Waals surface area contributed by atoms with E-state index in [-0.39, 0.29) is 6.61 Å². The molecule has 4 atom stereocenters. The van der Waals surface area contributed by atoms with Crippen LogP contribution in [0.5, 0.6) is 0 Å². The summed E-state index contributed by atoms with van der Waals surface area (Å²) in [6, 6.07) is 29.9. The zero-order valence-electron chi connectivity index (χ0n) is 25.3. The number of fused-ring (bicyclic) bond motifs is 1. The van der Waals surface area contributed by atoms with Crippen molar-refractivity contribution in [3.63, 3.8) is 0 Å². The third kappa shape index (κ3) is 5.09. The Morgan fingerprint density at radius 2 is 1.40 bits per heavy atom. The minimum Gasteiger partial charge on any atom is -0.393 e. The van der Waals surface area contributed by atoms with E-state index in [1.807, 2.05) is 91.0 Å². The number of nitrogens with one attached hydrogen (secondary N) is 1. The van der Waals surface area contributed by atoms with Gasteiger partial charge in [-0.05, 0) is 36.5 Å². The number of benzene rings is 3. The van der Waals surface area contributed by atoms with E-state index in [1.165, 1.54) is 10.8 Å². The predicted molar refractivity (Wildman–Crippen MR) is 167 cm³/mol. The molecule has 0 unspecified atom stereocenters. The number of ether oxygens (including phenoxy) is 4. The Morgan fingerprint density at radius 1 is 0.844 bits per heavy atom. The molecule has 0 amide bonds. The highest BCUT2D eigenvalue weighted by Crippen LogP contribution is 2.53. The number of hydrogen-bond donors (Lipinski definition) is 2. The maximum atomic E-state index is 13.1. The van der Waals surface area contributed by atoms with E-state index >= 15 is 0 Å². The first-order chi connectivity index (χ1) is 21.9. The van der Waals surface area contributed by atoms with E-state index in [9.17, 15) is 14.7 Å². The molecule has 1 aromatic heterocycles. The molecule has 1 aliphatic carbocycles. The van der Waals surface area contributed by atoms with Crippen molar-refractivity contribution in [3.8, 4) is 0 Å². The third-order valence-corrected chi connectivity index (χ3v) is 9.52. The van der Waals surface area contributed by atoms with Crippen molar-refractivity contribution in [2.24, 2.45) is 0 Å². The van der Waals surface area contributed by atoms with Crippen LogP contribution in [0.2, 0.25) is 0 Å². The van der Waals surface area contributed by atoms with Crippen LogP contribution in [0.1, 0.15) is 60.6 Å². The average molecular weight is 611 g/mol. The van der Waals surface area contributed by atoms with Gasteiger partial charge in [-0.3, -0.25) is 14.3 Å². The second kappa shape index (κ2) is 11.8. The number of hydrogen-bond acceptors (Lipinski definition) is 7. The van der Waals surface area contributed by atoms with Crippen molar-refractivity contribution < 1.29 is 24.1 Å². The summed E-state index contributed by atoms with van der Waals surface area (Å²) in [6.45, 7) is 1.10. The van der Waals surface area contributed by atoms with Gasteiger partial charge in [0.25, 0.3) is 5.56 Å². The van der Waals surface area contributed by atoms with E-state index in [2.05, 4.69) is 4.98 Å². The van der Waals surface area contributed by atoms with Crippen molar-refractivity contribution in [1.82, 2.24) is 9.55 Å². The molecule has 3 heterocycles. The summed E-state index contributed by atoms with van der Waals surface area (Å²) in [4.78, 5) is 27.8. The molecular formula is C36H38N2O7. The van der Waals surface area contributed by atoms with Crippen molar-refractivity contribution in [1.29, 1.82) is 0 Å². The average Bonchev–Trinajstić information content (AvgIpc) is 3.58. The summed E-state index contributed by atoms with van der Waals surface area (Å²) >= 11 is 0. The molecule has 1 saturated carbocycles. The van der Waals surface area contributed by atoms with E-state index in [4.69, 9.17) is 18.9 Å². The summed E-state index contributed by atoms with van der Waals surface area (Å²) in [5, 5.41) is 11.2. The smallest absolute Gasteiger partial charge is 0.330 e. The molecule has 7 rings (SSSR count). The Balaban J connectivity index is 1.34. The fourth-order valence-corrected chi connectivity index (χ4v) is 7.23.